The molecule has 1 saturated carbocycles. The molecule has 164 valence electrons. The molecule has 0 bridgehead atoms. The van der Waals surface area contributed by atoms with Crippen LogP contribution in [0.25, 0.3) is 0 Å². The first-order valence-electron chi connectivity index (χ1n) is 11.6. The van der Waals surface area contributed by atoms with Gasteiger partial charge in [0.1, 0.15) is 5.75 Å². The van der Waals surface area contributed by atoms with Crippen molar-refractivity contribution in [3.63, 3.8) is 0 Å². The van der Waals surface area contributed by atoms with Crippen molar-refractivity contribution in [2.24, 2.45) is 0 Å². The lowest BCUT2D eigenvalue weighted by Gasteiger charge is -2.43. The van der Waals surface area contributed by atoms with Gasteiger partial charge in [-0.25, -0.2) is 0 Å². The Labute approximate surface area is 192 Å². The third-order valence-electron chi connectivity index (χ3n) is 6.97. The molecule has 1 saturated heterocycles. The lowest BCUT2D eigenvalue weighted by molar-refractivity contribution is 0.0593. The second-order valence-electron chi connectivity index (χ2n) is 8.83. The molecule has 0 radical (unpaired) electrons. The van der Waals surface area contributed by atoms with E-state index in [-0.39, 0.29) is 17.0 Å². The number of nitrogens with zero attached hydrogens (tertiary/aromatic N) is 2. The lowest BCUT2D eigenvalue weighted by atomic mass is 9.94. The van der Waals surface area contributed by atoms with Crippen LogP contribution in [0.1, 0.15) is 62.1 Å². The van der Waals surface area contributed by atoms with Crippen LogP contribution in [0.2, 0.25) is 0 Å². The van der Waals surface area contributed by atoms with E-state index in [4.69, 9.17) is 0 Å². The van der Waals surface area contributed by atoms with E-state index in [1.54, 1.807) is 0 Å². The van der Waals surface area contributed by atoms with Gasteiger partial charge in [0.25, 0.3) is 0 Å². The maximum atomic E-state index is 10.3. The van der Waals surface area contributed by atoms with E-state index in [1.165, 1.54) is 63.6 Å². The van der Waals surface area contributed by atoms with Crippen LogP contribution in [-0.2, 0) is 6.42 Å². The molecule has 2 fully saturated rings. The Morgan fingerprint density at radius 3 is 2.03 bits per heavy atom. The quantitative estimate of drug-likeness (QED) is 0.579. The highest BCUT2D eigenvalue weighted by Gasteiger charge is 2.29. The SMILES string of the molecule is Br.Oc1ccccc1CC(c1ccccc1)N1CCN(C2CCCCCCC2)CC1. The van der Waals surface area contributed by atoms with Gasteiger partial charge >= 0.3 is 0 Å². The molecule has 0 amide bonds. The average molecular weight is 473 g/mol. The van der Waals surface area contributed by atoms with Gasteiger partial charge in [-0.3, -0.25) is 9.80 Å². The molecular weight excluding hydrogens is 436 g/mol. The van der Waals surface area contributed by atoms with Gasteiger partial charge in [0.2, 0.25) is 0 Å². The van der Waals surface area contributed by atoms with Gasteiger partial charge in [0.05, 0.1) is 0 Å². The molecule has 30 heavy (non-hydrogen) atoms. The molecule has 3 nitrogen and oxygen atoms in total. The van der Waals surface area contributed by atoms with E-state index in [1.807, 2.05) is 18.2 Å². The van der Waals surface area contributed by atoms with Crippen molar-refractivity contribution in [1.29, 1.82) is 0 Å². The van der Waals surface area contributed by atoms with Crippen LogP contribution in [0.15, 0.2) is 54.6 Å². The number of benzene rings is 2. The minimum Gasteiger partial charge on any atom is -0.508 e. The Bertz CT molecular complexity index is 738. The Hall–Kier alpha value is -1.36. The number of aromatic hydroxyl groups is 1. The number of piperazine rings is 1. The Balaban J connectivity index is 0.00000256. The van der Waals surface area contributed by atoms with Crippen LogP contribution in [-0.4, -0.2) is 47.1 Å². The van der Waals surface area contributed by atoms with Gasteiger partial charge in [-0.1, -0.05) is 80.6 Å². The van der Waals surface area contributed by atoms with Crippen molar-refractivity contribution in [1.82, 2.24) is 9.80 Å². The van der Waals surface area contributed by atoms with Crippen molar-refractivity contribution < 1.29 is 5.11 Å². The van der Waals surface area contributed by atoms with Gasteiger partial charge in [0, 0.05) is 38.3 Å². The van der Waals surface area contributed by atoms with Crippen LogP contribution in [0.3, 0.4) is 0 Å². The smallest absolute Gasteiger partial charge is 0.118 e. The highest BCUT2D eigenvalue weighted by molar-refractivity contribution is 8.93. The molecule has 4 rings (SSSR count). The second kappa shape index (κ2) is 11.9. The molecule has 1 N–H and O–H groups in total. The summed E-state index contributed by atoms with van der Waals surface area (Å²) in [5, 5.41) is 10.3. The topological polar surface area (TPSA) is 26.7 Å². The van der Waals surface area contributed by atoms with Crippen molar-refractivity contribution in [3.05, 3.63) is 65.7 Å². The Kier molecular flexibility index (Phi) is 9.23. The maximum Gasteiger partial charge on any atom is 0.118 e. The van der Waals surface area contributed by atoms with E-state index in [2.05, 4.69) is 46.2 Å². The summed E-state index contributed by atoms with van der Waals surface area (Å²) >= 11 is 0. The molecule has 2 aromatic rings. The molecule has 4 heteroatoms. The predicted molar refractivity (Wildman–Crippen MR) is 131 cm³/mol. The normalized spacial score (nSPS) is 20.7. The molecule has 0 aromatic heterocycles. The number of hydrogen-bond acceptors (Lipinski definition) is 3. The van der Waals surface area contributed by atoms with Gasteiger partial charge in [-0.2, -0.15) is 0 Å². The summed E-state index contributed by atoms with van der Waals surface area (Å²) in [4.78, 5) is 5.41. The molecule has 1 heterocycles. The fraction of sp³-hybridized carbons (Fsp3) is 0.538. The number of phenolic OH excluding ortho intramolecular Hbond substituents is 1. The van der Waals surface area contributed by atoms with Crippen LogP contribution >= 0.6 is 17.0 Å². The summed E-state index contributed by atoms with van der Waals surface area (Å²) in [6.45, 7) is 4.58. The summed E-state index contributed by atoms with van der Waals surface area (Å²) in [6, 6.07) is 19.8. The summed E-state index contributed by atoms with van der Waals surface area (Å²) in [5.74, 6) is 0.418. The fourth-order valence-corrected chi connectivity index (χ4v) is 5.24. The van der Waals surface area contributed by atoms with Gasteiger partial charge in [-0.05, 0) is 36.5 Å². The van der Waals surface area contributed by atoms with E-state index >= 15 is 0 Å². The molecule has 2 aliphatic rings. The predicted octanol–water partition coefficient (Wildman–Crippen LogP) is 5.98. The zero-order chi connectivity index (χ0) is 19.9. The van der Waals surface area contributed by atoms with Crippen LogP contribution in [0.4, 0.5) is 0 Å². The van der Waals surface area contributed by atoms with Crippen molar-refractivity contribution in [2.75, 3.05) is 26.2 Å². The number of halogens is 1. The van der Waals surface area contributed by atoms with E-state index < -0.39 is 0 Å². The zero-order valence-corrected chi connectivity index (χ0v) is 19.8. The van der Waals surface area contributed by atoms with Crippen LogP contribution in [0.5, 0.6) is 5.75 Å². The van der Waals surface area contributed by atoms with Crippen molar-refractivity contribution >= 4 is 17.0 Å². The van der Waals surface area contributed by atoms with Crippen LogP contribution < -0.4 is 0 Å². The summed E-state index contributed by atoms with van der Waals surface area (Å²) in [6.07, 6.45) is 10.7. The standard InChI is InChI=1S/C26H36N2O.BrH/c29-26-16-10-9-13-23(26)21-25(22-11-5-4-6-12-22)28-19-17-27(18-20-28)24-14-7-2-1-3-8-15-24;/h4-6,9-13,16,24-25,29H,1-3,7-8,14-15,17-21H2;1H. The first-order valence-corrected chi connectivity index (χ1v) is 11.6. The van der Waals surface area contributed by atoms with E-state index in [0.29, 0.717) is 11.8 Å². The number of hydrogen-bond donors (Lipinski definition) is 1. The molecule has 0 spiro atoms. The Morgan fingerprint density at radius 2 is 1.37 bits per heavy atom. The zero-order valence-electron chi connectivity index (χ0n) is 18.1. The summed E-state index contributed by atoms with van der Waals surface area (Å²) < 4.78 is 0. The highest BCUT2D eigenvalue weighted by atomic mass is 79.9. The molecule has 1 aliphatic heterocycles. The summed E-state index contributed by atoms with van der Waals surface area (Å²) in [5.41, 5.74) is 2.40. The third-order valence-corrected chi connectivity index (χ3v) is 6.97. The molecular formula is C26H37BrN2O. The lowest BCUT2D eigenvalue weighted by Crippen LogP contribution is -2.51. The fourth-order valence-electron chi connectivity index (χ4n) is 5.24. The van der Waals surface area contributed by atoms with E-state index in [9.17, 15) is 5.11 Å². The monoisotopic (exact) mass is 472 g/mol. The largest absolute Gasteiger partial charge is 0.508 e. The van der Waals surface area contributed by atoms with Crippen molar-refractivity contribution in [2.45, 2.75) is 63.5 Å². The van der Waals surface area contributed by atoms with Gasteiger partial charge < -0.3 is 5.11 Å². The average Bonchev–Trinajstić information content (AvgIpc) is 2.74. The second-order valence-corrected chi connectivity index (χ2v) is 8.83. The summed E-state index contributed by atoms with van der Waals surface area (Å²) in [7, 11) is 0. The number of rotatable bonds is 5. The number of phenols is 1. The first kappa shape index (κ1) is 23.3. The minimum atomic E-state index is 0. The Morgan fingerprint density at radius 1 is 0.767 bits per heavy atom. The van der Waals surface area contributed by atoms with Crippen molar-refractivity contribution in [3.8, 4) is 5.75 Å². The molecule has 2 aromatic carbocycles. The third kappa shape index (κ3) is 6.09. The van der Waals surface area contributed by atoms with Gasteiger partial charge in [0.15, 0.2) is 0 Å². The van der Waals surface area contributed by atoms with E-state index in [0.717, 1.165) is 31.1 Å². The molecule has 1 aliphatic carbocycles. The highest BCUT2D eigenvalue weighted by Crippen LogP contribution is 2.30. The molecule has 1 unspecified atom stereocenters. The minimum absolute atomic E-state index is 0. The number of para-hydroxylation sites is 1. The van der Waals surface area contributed by atoms with Crippen LogP contribution in [0, 0.1) is 0 Å². The first-order chi connectivity index (χ1) is 14.3. The molecule has 1 atom stereocenters. The maximum absolute atomic E-state index is 10.3. The van der Waals surface area contributed by atoms with Gasteiger partial charge in [-0.15, -0.1) is 17.0 Å².